The van der Waals surface area contributed by atoms with E-state index in [4.69, 9.17) is 0 Å². The number of hydrogen-bond acceptors (Lipinski definition) is 3. The Morgan fingerprint density at radius 2 is 1.74 bits per heavy atom. The van der Waals surface area contributed by atoms with Crippen LogP contribution in [0.4, 0.5) is 0 Å². The molecule has 1 amide bonds. The molecule has 0 aliphatic carbocycles. The van der Waals surface area contributed by atoms with Crippen molar-refractivity contribution >= 4 is 17.7 Å². The average Bonchev–Trinajstić information content (AvgIpc) is 2.53. The number of aryl methyl sites for hydroxylation is 2. The summed E-state index contributed by atoms with van der Waals surface area (Å²) in [5.74, 6) is 0.682. The van der Waals surface area contributed by atoms with Crippen LogP contribution in [-0.4, -0.2) is 42.2 Å². The number of carbonyl (C=O) groups excluding carboxylic acids is 1. The first-order chi connectivity index (χ1) is 10.9. The van der Waals surface area contributed by atoms with Crippen LogP contribution in [0.25, 0.3) is 0 Å². The Bertz CT molecular complexity index is 537. The number of piperidine rings is 1. The van der Waals surface area contributed by atoms with Crippen molar-refractivity contribution in [1.82, 2.24) is 10.2 Å². The highest BCUT2D eigenvalue weighted by molar-refractivity contribution is 8.00. The van der Waals surface area contributed by atoms with E-state index in [1.54, 1.807) is 11.8 Å². The van der Waals surface area contributed by atoms with Crippen molar-refractivity contribution in [1.29, 1.82) is 0 Å². The number of benzene rings is 1. The Morgan fingerprint density at radius 3 is 2.26 bits per heavy atom. The number of amides is 1. The van der Waals surface area contributed by atoms with Gasteiger partial charge < -0.3 is 10.2 Å². The first-order valence-corrected chi connectivity index (χ1v) is 9.62. The van der Waals surface area contributed by atoms with E-state index in [-0.39, 0.29) is 5.91 Å². The number of nitrogens with zero attached hydrogens (tertiary/aromatic N) is 1. The molecule has 1 heterocycles. The molecule has 3 nitrogen and oxygen atoms in total. The van der Waals surface area contributed by atoms with Crippen LogP contribution < -0.4 is 5.32 Å². The highest BCUT2D eigenvalue weighted by atomic mass is 32.2. The summed E-state index contributed by atoms with van der Waals surface area (Å²) in [5.41, 5.74) is 5.23. The van der Waals surface area contributed by atoms with Crippen LogP contribution in [0.5, 0.6) is 0 Å². The van der Waals surface area contributed by atoms with Gasteiger partial charge in [0.2, 0.25) is 5.91 Å². The van der Waals surface area contributed by atoms with Crippen molar-refractivity contribution in [3.8, 4) is 0 Å². The zero-order chi connectivity index (χ0) is 17.0. The summed E-state index contributed by atoms with van der Waals surface area (Å²) in [6, 6.07) is 2.59. The molecule has 1 aliphatic heterocycles. The standard InChI is InChI=1S/C19H30N2OS/c1-6-21-9-7-17(8-10-21)20-18(22)12-23-19-15(4)13(2)11-14(3)16(19)5/h11,17H,6-10,12H2,1-5H3,(H,20,22). The van der Waals surface area contributed by atoms with Crippen LogP contribution in [-0.2, 0) is 4.79 Å². The van der Waals surface area contributed by atoms with Gasteiger partial charge >= 0.3 is 0 Å². The Hall–Kier alpha value is -1.00. The number of likely N-dealkylation sites (tertiary alicyclic amines) is 1. The molecule has 0 spiro atoms. The third-order valence-corrected chi connectivity index (χ3v) is 6.35. The second-order valence-electron chi connectivity index (χ2n) is 6.65. The molecule has 0 unspecified atom stereocenters. The zero-order valence-electron chi connectivity index (χ0n) is 15.2. The number of carbonyl (C=O) groups is 1. The zero-order valence-corrected chi connectivity index (χ0v) is 16.0. The van der Waals surface area contributed by atoms with E-state index in [9.17, 15) is 4.79 Å². The minimum Gasteiger partial charge on any atom is -0.353 e. The largest absolute Gasteiger partial charge is 0.353 e. The Labute approximate surface area is 145 Å². The molecule has 128 valence electrons. The minimum absolute atomic E-state index is 0.169. The lowest BCUT2D eigenvalue weighted by Gasteiger charge is -2.31. The Morgan fingerprint density at radius 1 is 1.17 bits per heavy atom. The molecule has 0 saturated carbocycles. The Kier molecular flexibility index (Phi) is 6.54. The molecule has 23 heavy (non-hydrogen) atoms. The van der Waals surface area contributed by atoms with E-state index in [2.05, 4.69) is 50.9 Å². The number of nitrogens with one attached hydrogen (secondary N) is 1. The Balaban J connectivity index is 1.88. The van der Waals surface area contributed by atoms with E-state index in [1.165, 1.54) is 27.1 Å². The lowest BCUT2D eigenvalue weighted by atomic mass is 10.0. The van der Waals surface area contributed by atoms with Gasteiger partial charge in [0, 0.05) is 24.0 Å². The number of rotatable bonds is 5. The third-order valence-electron chi connectivity index (χ3n) is 5.04. The van der Waals surface area contributed by atoms with Crippen LogP contribution in [0.1, 0.15) is 42.0 Å². The molecule has 4 heteroatoms. The van der Waals surface area contributed by atoms with Gasteiger partial charge in [0.05, 0.1) is 5.75 Å². The van der Waals surface area contributed by atoms with Gasteiger partial charge in [-0.05, 0) is 69.3 Å². The molecule has 2 rings (SSSR count). The van der Waals surface area contributed by atoms with Crippen molar-refractivity contribution < 1.29 is 4.79 Å². The lowest BCUT2D eigenvalue weighted by molar-refractivity contribution is -0.119. The van der Waals surface area contributed by atoms with Crippen molar-refractivity contribution in [2.75, 3.05) is 25.4 Å². The first kappa shape index (κ1) is 18.3. The van der Waals surface area contributed by atoms with Gasteiger partial charge in [0.1, 0.15) is 0 Å². The van der Waals surface area contributed by atoms with Crippen LogP contribution in [0.15, 0.2) is 11.0 Å². The molecular formula is C19H30N2OS. The minimum atomic E-state index is 0.169. The van der Waals surface area contributed by atoms with Gasteiger partial charge in [-0.2, -0.15) is 0 Å². The van der Waals surface area contributed by atoms with Gasteiger partial charge in [0.15, 0.2) is 0 Å². The molecule has 0 aromatic heterocycles. The lowest BCUT2D eigenvalue weighted by Crippen LogP contribution is -2.45. The van der Waals surface area contributed by atoms with Crippen LogP contribution >= 0.6 is 11.8 Å². The third kappa shape index (κ3) is 4.74. The van der Waals surface area contributed by atoms with Crippen LogP contribution in [0.3, 0.4) is 0 Å². The maximum atomic E-state index is 12.3. The van der Waals surface area contributed by atoms with Gasteiger partial charge in [-0.25, -0.2) is 0 Å². The second kappa shape index (κ2) is 8.20. The molecule has 1 aromatic carbocycles. The van der Waals surface area contributed by atoms with Gasteiger partial charge in [-0.1, -0.05) is 13.0 Å². The quantitative estimate of drug-likeness (QED) is 0.835. The molecule has 1 saturated heterocycles. The summed E-state index contributed by atoms with van der Waals surface area (Å²) in [4.78, 5) is 16.0. The smallest absolute Gasteiger partial charge is 0.230 e. The molecule has 1 fully saturated rings. The molecule has 1 aliphatic rings. The number of thioether (sulfide) groups is 1. The molecule has 1 N–H and O–H groups in total. The topological polar surface area (TPSA) is 32.3 Å². The molecule has 1 aromatic rings. The molecule has 0 atom stereocenters. The van der Waals surface area contributed by atoms with Crippen molar-refractivity contribution in [2.45, 2.75) is 58.4 Å². The normalized spacial score (nSPS) is 16.6. The maximum Gasteiger partial charge on any atom is 0.230 e. The molecule has 0 radical (unpaired) electrons. The van der Waals surface area contributed by atoms with Crippen LogP contribution in [0.2, 0.25) is 0 Å². The number of hydrogen-bond donors (Lipinski definition) is 1. The summed E-state index contributed by atoms with van der Waals surface area (Å²) in [6.07, 6.45) is 2.15. The van der Waals surface area contributed by atoms with Gasteiger partial charge in [0.25, 0.3) is 0 Å². The van der Waals surface area contributed by atoms with E-state index in [0.29, 0.717) is 11.8 Å². The van der Waals surface area contributed by atoms with E-state index < -0.39 is 0 Å². The predicted octanol–water partition coefficient (Wildman–Crippen LogP) is 3.61. The molecule has 0 bridgehead atoms. The average molecular weight is 335 g/mol. The fraction of sp³-hybridized carbons (Fsp3) is 0.632. The van der Waals surface area contributed by atoms with Crippen molar-refractivity contribution in [3.63, 3.8) is 0 Å². The first-order valence-electron chi connectivity index (χ1n) is 8.64. The SMILES string of the molecule is CCN1CCC(NC(=O)CSc2c(C)c(C)cc(C)c2C)CC1. The van der Waals surface area contributed by atoms with E-state index >= 15 is 0 Å². The van der Waals surface area contributed by atoms with Crippen molar-refractivity contribution in [2.24, 2.45) is 0 Å². The van der Waals surface area contributed by atoms with E-state index in [1.807, 2.05) is 0 Å². The summed E-state index contributed by atoms with van der Waals surface area (Å²) in [6.45, 7) is 14.1. The maximum absolute atomic E-state index is 12.3. The molecular weight excluding hydrogens is 304 g/mol. The van der Waals surface area contributed by atoms with Crippen LogP contribution in [0, 0.1) is 27.7 Å². The predicted molar refractivity (Wildman–Crippen MR) is 99.4 cm³/mol. The fourth-order valence-electron chi connectivity index (χ4n) is 3.20. The highest BCUT2D eigenvalue weighted by Crippen LogP contribution is 2.30. The summed E-state index contributed by atoms with van der Waals surface area (Å²) < 4.78 is 0. The summed E-state index contributed by atoms with van der Waals surface area (Å²) >= 11 is 1.68. The second-order valence-corrected chi connectivity index (χ2v) is 7.64. The summed E-state index contributed by atoms with van der Waals surface area (Å²) in [7, 11) is 0. The van der Waals surface area contributed by atoms with Gasteiger partial charge in [-0.15, -0.1) is 11.8 Å². The monoisotopic (exact) mass is 334 g/mol. The highest BCUT2D eigenvalue weighted by Gasteiger charge is 2.20. The fourth-order valence-corrected chi connectivity index (χ4v) is 4.31. The van der Waals surface area contributed by atoms with E-state index in [0.717, 1.165) is 32.5 Å². The van der Waals surface area contributed by atoms with Gasteiger partial charge in [-0.3, -0.25) is 4.79 Å². The van der Waals surface area contributed by atoms with Crippen molar-refractivity contribution in [3.05, 3.63) is 28.3 Å². The summed E-state index contributed by atoms with van der Waals surface area (Å²) in [5, 5.41) is 3.22.